The summed E-state index contributed by atoms with van der Waals surface area (Å²) in [5, 5.41) is 20.4. The first-order valence-electron chi connectivity index (χ1n) is 8.18. The summed E-state index contributed by atoms with van der Waals surface area (Å²) >= 11 is 0. The summed E-state index contributed by atoms with van der Waals surface area (Å²) < 4.78 is 21.6. The number of hydrogen-bond donors (Lipinski definition) is 2. The minimum Gasteiger partial charge on any atom is -0.466 e. The van der Waals surface area contributed by atoms with Gasteiger partial charge in [0, 0.05) is 12.8 Å². The molecule has 0 radical (unpaired) electrons. The zero-order valence-electron chi connectivity index (χ0n) is 14.4. The number of carbonyl (C=O) groups excluding carboxylic acids is 2. The van der Waals surface area contributed by atoms with Crippen molar-refractivity contribution >= 4 is 11.9 Å². The van der Waals surface area contributed by atoms with Crippen LogP contribution >= 0.6 is 0 Å². The van der Waals surface area contributed by atoms with Crippen molar-refractivity contribution in [1.29, 1.82) is 0 Å². The van der Waals surface area contributed by atoms with Crippen LogP contribution < -0.4 is 0 Å². The van der Waals surface area contributed by atoms with Crippen molar-refractivity contribution in [2.75, 3.05) is 13.2 Å². The maximum atomic E-state index is 12.5. The van der Waals surface area contributed by atoms with E-state index >= 15 is 0 Å². The molecule has 1 aliphatic heterocycles. The highest BCUT2D eigenvalue weighted by atomic mass is 16.7. The molecule has 1 heterocycles. The van der Waals surface area contributed by atoms with Crippen molar-refractivity contribution in [3.8, 4) is 0 Å². The largest absolute Gasteiger partial charge is 0.466 e. The highest BCUT2D eigenvalue weighted by molar-refractivity contribution is 5.75. The number of esters is 2. The Morgan fingerprint density at radius 3 is 2.46 bits per heavy atom. The molecule has 1 saturated heterocycles. The smallest absolute Gasteiger partial charge is 0.313 e. The van der Waals surface area contributed by atoms with E-state index in [0.29, 0.717) is 0 Å². The van der Waals surface area contributed by atoms with Gasteiger partial charge in [-0.3, -0.25) is 9.59 Å². The lowest BCUT2D eigenvalue weighted by atomic mass is 9.71. The summed E-state index contributed by atoms with van der Waals surface area (Å²) in [4.78, 5) is 23.9. The van der Waals surface area contributed by atoms with E-state index in [0.717, 1.165) is 0 Å². The molecule has 2 rings (SSSR count). The second-order valence-corrected chi connectivity index (χ2v) is 6.68. The third-order valence-electron chi connectivity index (χ3n) is 4.43. The molecule has 0 aromatic rings. The van der Waals surface area contributed by atoms with Crippen LogP contribution in [0.4, 0.5) is 0 Å². The molecule has 2 fully saturated rings. The van der Waals surface area contributed by atoms with E-state index < -0.39 is 54.0 Å². The van der Waals surface area contributed by atoms with Gasteiger partial charge in [0.05, 0.1) is 25.4 Å². The molecule has 8 nitrogen and oxygen atoms in total. The van der Waals surface area contributed by atoms with Crippen LogP contribution in [0.5, 0.6) is 0 Å². The fourth-order valence-corrected chi connectivity index (χ4v) is 3.43. The fourth-order valence-electron chi connectivity index (χ4n) is 3.43. The maximum Gasteiger partial charge on any atom is 0.313 e. The Kier molecular flexibility index (Phi) is 5.85. The van der Waals surface area contributed by atoms with Crippen molar-refractivity contribution in [3.05, 3.63) is 0 Å². The van der Waals surface area contributed by atoms with E-state index in [1.54, 1.807) is 20.8 Å². The first kappa shape index (κ1) is 19.1. The Morgan fingerprint density at radius 1 is 1.29 bits per heavy atom. The molecule has 2 N–H and O–H groups in total. The lowest BCUT2D eigenvalue weighted by Crippen LogP contribution is -2.57. The average Bonchev–Trinajstić information content (AvgIpc) is 2.83. The molecule has 0 aromatic heterocycles. The summed E-state index contributed by atoms with van der Waals surface area (Å²) in [5.41, 5.74) is 0. The van der Waals surface area contributed by atoms with Crippen LogP contribution in [-0.2, 0) is 28.5 Å². The summed E-state index contributed by atoms with van der Waals surface area (Å²) in [6.45, 7) is 6.75. The van der Waals surface area contributed by atoms with E-state index in [4.69, 9.17) is 18.9 Å². The lowest BCUT2D eigenvalue weighted by molar-refractivity contribution is -0.202. The summed E-state index contributed by atoms with van der Waals surface area (Å²) in [5.74, 6) is -3.48. The number of carbonyl (C=O) groups is 2. The van der Waals surface area contributed by atoms with Gasteiger partial charge in [-0.05, 0) is 27.2 Å². The first-order valence-corrected chi connectivity index (χ1v) is 8.18. The Hall–Kier alpha value is -1.22. The fraction of sp³-hybridized carbons (Fsp3) is 0.875. The molecular formula is C16H26O8. The number of hydrogen-bond acceptors (Lipinski definition) is 8. The van der Waals surface area contributed by atoms with Gasteiger partial charge in [0.2, 0.25) is 0 Å². The monoisotopic (exact) mass is 346 g/mol. The molecule has 0 amide bonds. The van der Waals surface area contributed by atoms with Crippen LogP contribution in [0.1, 0.15) is 34.1 Å². The molecule has 6 atom stereocenters. The molecule has 1 aliphatic carbocycles. The van der Waals surface area contributed by atoms with Gasteiger partial charge >= 0.3 is 11.9 Å². The maximum absolute atomic E-state index is 12.5. The summed E-state index contributed by atoms with van der Waals surface area (Å²) in [6, 6.07) is 0. The Balaban J connectivity index is 2.30. The normalized spacial score (nSPS) is 38.6. The van der Waals surface area contributed by atoms with Crippen molar-refractivity contribution in [2.24, 2.45) is 11.8 Å². The average molecular weight is 346 g/mol. The predicted molar refractivity (Wildman–Crippen MR) is 80.7 cm³/mol. The highest BCUT2D eigenvalue weighted by Crippen LogP contribution is 2.40. The molecule has 1 saturated carbocycles. The zero-order valence-corrected chi connectivity index (χ0v) is 14.4. The van der Waals surface area contributed by atoms with Gasteiger partial charge in [0.1, 0.15) is 18.1 Å². The van der Waals surface area contributed by atoms with Crippen LogP contribution in [0, 0.1) is 11.8 Å². The van der Waals surface area contributed by atoms with Crippen molar-refractivity contribution in [2.45, 2.75) is 64.3 Å². The number of aliphatic hydroxyl groups excluding tert-OH is 2. The third-order valence-corrected chi connectivity index (χ3v) is 4.43. The number of aliphatic hydroxyl groups is 2. The van der Waals surface area contributed by atoms with Gasteiger partial charge in [-0.1, -0.05) is 0 Å². The third kappa shape index (κ3) is 4.05. The predicted octanol–water partition coefficient (Wildman–Crippen LogP) is -0.00940. The van der Waals surface area contributed by atoms with Crippen molar-refractivity contribution in [3.63, 3.8) is 0 Å². The van der Waals surface area contributed by atoms with Gasteiger partial charge in [-0.15, -0.1) is 0 Å². The second kappa shape index (κ2) is 7.35. The molecule has 0 unspecified atom stereocenters. The quantitative estimate of drug-likeness (QED) is 0.684. The van der Waals surface area contributed by atoms with Crippen molar-refractivity contribution < 1.29 is 38.7 Å². The molecule has 0 aromatic carbocycles. The molecule has 138 valence electrons. The Bertz CT molecular complexity index is 477. The highest BCUT2D eigenvalue weighted by Gasteiger charge is 2.54. The molecule has 24 heavy (non-hydrogen) atoms. The molecule has 2 aliphatic rings. The van der Waals surface area contributed by atoms with Crippen LogP contribution in [0.15, 0.2) is 0 Å². The zero-order chi connectivity index (χ0) is 18.1. The minimum absolute atomic E-state index is 0.118. The summed E-state index contributed by atoms with van der Waals surface area (Å²) in [7, 11) is 0. The van der Waals surface area contributed by atoms with E-state index in [1.165, 1.54) is 6.92 Å². The minimum atomic E-state index is -1.37. The topological polar surface area (TPSA) is 112 Å². The van der Waals surface area contributed by atoms with Gasteiger partial charge in [-0.25, -0.2) is 0 Å². The second-order valence-electron chi connectivity index (χ2n) is 6.68. The Morgan fingerprint density at radius 2 is 1.96 bits per heavy atom. The van der Waals surface area contributed by atoms with Gasteiger partial charge in [0.15, 0.2) is 5.79 Å². The van der Waals surface area contributed by atoms with Crippen LogP contribution in [0.25, 0.3) is 0 Å². The van der Waals surface area contributed by atoms with E-state index in [2.05, 4.69) is 0 Å². The van der Waals surface area contributed by atoms with Gasteiger partial charge < -0.3 is 29.2 Å². The molecule has 0 bridgehead atoms. The summed E-state index contributed by atoms with van der Waals surface area (Å²) in [6.07, 6.45) is -4.06. The molecule has 0 spiro atoms. The van der Waals surface area contributed by atoms with E-state index in [1.807, 2.05) is 0 Å². The Labute approximate surface area is 141 Å². The standard InChI is InChI=1S/C16H26O8/c1-5-21-15(20)12-9(11-7-22-16(3,4)24-11)6-10(18)13(19)14(12)23-8(2)17/h9-14,18-19H,5-7H2,1-4H3/t9-,10-,11+,12-,13-,14-/m0/s1. The SMILES string of the molecule is CCOC(=O)[C@H]1[C@H]([C@H]2COC(C)(C)O2)C[C@H](O)[C@H](O)[C@H]1OC(C)=O. The molecule has 8 heteroatoms. The molecular weight excluding hydrogens is 320 g/mol. The van der Waals surface area contributed by atoms with Crippen LogP contribution in [-0.4, -0.2) is 65.6 Å². The lowest BCUT2D eigenvalue weighted by Gasteiger charge is -2.43. The van der Waals surface area contributed by atoms with E-state index in [9.17, 15) is 19.8 Å². The first-order chi connectivity index (χ1) is 11.2. The number of ether oxygens (including phenoxy) is 4. The number of rotatable bonds is 4. The van der Waals surface area contributed by atoms with E-state index in [-0.39, 0.29) is 19.6 Å². The van der Waals surface area contributed by atoms with Gasteiger partial charge in [0.25, 0.3) is 0 Å². The van der Waals surface area contributed by atoms with Crippen LogP contribution in [0.3, 0.4) is 0 Å². The van der Waals surface area contributed by atoms with Gasteiger partial charge in [-0.2, -0.15) is 0 Å². The van der Waals surface area contributed by atoms with Crippen LogP contribution in [0.2, 0.25) is 0 Å². The van der Waals surface area contributed by atoms with Crippen molar-refractivity contribution in [1.82, 2.24) is 0 Å².